The Morgan fingerprint density at radius 2 is 2.44 bits per heavy atom. The van der Waals surface area contributed by atoms with Gasteiger partial charge in [-0.1, -0.05) is 0 Å². The molecule has 0 aromatic heterocycles. The number of carbonyl (C=O) groups is 1. The number of hydrogen-bond donors (Lipinski definition) is 1. The first-order valence-corrected chi connectivity index (χ1v) is 3.16. The van der Waals surface area contributed by atoms with E-state index in [1.807, 2.05) is 0 Å². The third-order valence-corrected chi connectivity index (χ3v) is 0.997. The predicted octanol–water partition coefficient (Wildman–Crippen LogP) is 0.149. The smallest absolute Gasteiger partial charge is 0.336 e. The van der Waals surface area contributed by atoms with Gasteiger partial charge in [-0.25, -0.2) is 4.79 Å². The van der Waals surface area contributed by atoms with E-state index in [1.165, 1.54) is 0 Å². The van der Waals surface area contributed by atoms with Crippen LogP contribution in [0.25, 0.3) is 0 Å². The molecule has 0 heterocycles. The Hall–Kier alpha value is -0.280. The number of aliphatic hydroxyl groups excluding tert-OH is 1. The van der Waals surface area contributed by atoms with Crippen molar-refractivity contribution < 1.29 is 14.6 Å². The molecule has 1 atom stereocenters. The summed E-state index contributed by atoms with van der Waals surface area (Å²) in [6, 6.07) is 0. The summed E-state index contributed by atoms with van der Waals surface area (Å²) in [6.45, 7) is 1.94. The number of ether oxygens (including phenoxy) is 1. The van der Waals surface area contributed by atoms with E-state index < -0.39 is 12.1 Å². The highest BCUT2D eigenvalue weighted by atomic mass is 35.5. The van der Waals surface area contributed by atoms with Gasteiger partial charge in [0.1, 0.15) is 0 Å². The Balaban J connectivity index is 3.46. The van der Waals surface area contributed by atoms with Crippen molar-refractivity contribution in [2.45, 2.75) is 13.0 Å². The summed E-state index contributed by atoms with van der Waals surface area (Å²) >= 11 is 5.13. The van der Waals surface area contributed by atoms with Crippen molar-refractivity contribution in [3.05, 3.63) is 0 Å². The molecule has 0 aromatic carbocycles. The summed E-state index contributed by atoms with van der Waals surface area (Å²) < 4.78 is 4.42. The normalized spacial score (nSPS) is 12.8. The van der Waals surface area contributed by atoms with E-state index in [9.17, 15) is 4.79 Å². The van der Waals surface area contributed by atoms with Crippen LogP contribution >= 0.6 is 11.6 Å². The van der Waals surface area contributed by atoms with E-state index in [0.717, 1.165) is 0 Å². The molecule has 0 saturated heterocycles. The molecule has 1 unspecified atom stereocenters. The average molecular weight is 153 g/mol. The first kappa shape index (κ1) is 8.72. The molecule has 4 heteroatoms. The lowest BCUT2D eigenvalue weighted by molar-refractivity contribution is -0.151. The number of hydrogen-bond acceptors (Lipinski definition) is 3. The lowest BCUT2D eigenvalue weighted by atomic mass is 10.4. The molecule has 0 aliphatic carbocycles. The minimum atomic E-state index is -1.17. The molecule has 3 nitrogen and oxygen atoms in total. The highest BCUT2D eigenvalue weighted by molar-refractivity contribution is 6.19. The quantitative estimate of drug-likeness (QED) is 0.463. The van der Waals surface area contributed by atoms with Gasteiger partial charge in [-0.2, -0.15) is 0 Å². The fourth-order valence-corrected chi connectivity index (χ4v) is 0.427. The molecular weight excluding hydrogens is 144 g/mol. The van der Waals surface area contributed by atoms with Crippen molar-refractivity contribution in [2.24, 2.45) is 0 Å². The summed E-state index contributed by atoms with van der Waals surface area (Å²) in [4.78, 5) is 10.4. The highest BCUT2D eigenvalue weighted by Gasteiger charge is 2.13. The maximum atomic E-state index is 10.4. The van der Waals surface area contributed by atoms with Crippen molar-refractivity contribution in [3.63, 3.8) is 0 Å². The average Bonchev–Trinajstić information content (AvgIpc) is 1.87. The predicted molar refractivity (Wildman–Crippen MR) is 33.4 cm³/mol. The first-order valence-electron chi connectivity index (χ1n) is 2.63. The van der Waals surface area contributed by atoms with Gasteiger partial charge in [-0.15, -0.1) is 11.6 Å². The van der Waals surface area contributed by atoms with E-state index in [-0.39, 0.29) is 12.5 Å². The molecule has 0 bridgehead atoms. The van der Waals surface area contributed by atoms with Crippen LogP contribution in [0.4, 0.5) is 0 Å². The number of carbonyl (C=O) groups excluding carboxylic acids is 1. The summed E-state index contributed by atoms with van der Waals surface area (Å²) in [5, 5.41) is 8.65. The Morgan fingerprint density at radius 3 is 2.78 bits per heavy atom. The summed E-state index contributed by atoms with van der Waals surface area (Å²) in [6.07, 6.45) is -1.17. The van der Waals surface area contributed by atoms with Crippen molar-refractivity contribution in [2.75, 3.05) is 12.5 Å². The minimum absolute atomic E-state index is 0.112. The van der Waals surface area contributed by atoms with E-state index in [0.29, 0.717) is 0 Å². The van der Waals surface area contributed by atoms with E-state index in [1.54, 1.807) is 6.92 Å². The molecule has 0 spiro atoms. The molecule has 0 amide bonds. The molecule has 0 aliphatic rings. The maximum Gasteiger partial charge on any atom is 0.336 e. The maximum absolute atomic E-state index is 10.4. The number of esters is 1. The summed E-state index contributed by atoms with van der Waals surface area (Å²) in [5.74, 6) is -0.772. The lowest BCUT2D eigenvalue weighted by Crippen LogP contribution is -2.24. The van der Waals surface area contributed by atoms with Gasteiger partial charge in [-0.3, -0.25) is 0 Å². The SMILES string of the molecule is CCOC(=O)C(O)CCl. The van der Waals surface area contributed by atoms with E-state index in [4.69, 9.17) is 16.7 Å². The van der Waals surface area contributed by atoms with Gasteiger partial charge < -0.3 is 9.84 Å². The largest absolute Gasteiger partial charge is 0.464 e. The third-order valence-electron chi connectivity index (χ3n) is 0.705. The second-order valence-corrected chi connectivity index (χ2v) is 1.73. The van der Waals surface area contributed by atoms with Crippen molar-refractivity contribution >= 4 is 17.6 Å². The van der Waals surface area contributed by atoms with Crippen LogP contribution in [0.15, 0.2) is 0 Å². The summed E-state index contributed by atoms with van der Waals surface area (Å²) in [5.41, 5.74) is 0. The fraction of sp³-hybridized carbons (Fsp3) is 0.800. The Morgan fingerprint density at radius 1 is 1.89 bits per heavy atom. The van der Waals surface area contributed by atoms with Crippen LogP contribution in [-0.4, -0.2) is 29.7 Å². The van der Waals surface area contributed by atoms with Crippen LogP contribution in [0.2, 0.25) is 0 Å². The van der Waals surface area contributed by atoms with Crippen molar-refractivity contribution in [1.29, 1.82) is 0 Å². The van der Waals surface area contributed by atoms with E-state index >= 15 is 0 Å². The first-order chi connectivity index (χ1) is 4.22. The zero-order chi connectivity index (χ0) is 7.28. The molecule has 0 saturated carbocycles. The van der Waals surface area contributed by atoms with Crippen LogP contribution in [0.3, 0.4) is 0 Å². The molecule has 9 heavy (non-hydrogen) atoms. The Labute approximate surface area is 58.6 Å². The van der Waals surface area contributed by atoms with Gasteiger partial charge in [0.15, 0.2) is 6.10 Å². The van der Waals surface area contributed by atoms with Crippen LogP contribution in [-0.2, 0) is 9.53 Å². The monoisotopic (exact) mass is 152 g/mol. The molecule has 0 aliphatic heterocycles. The lowest BCUT2D eigenvalue weighted by Gasteiger charge is -2.03. The van der Waals surface area contributed by atoms with Crippen LogP contribution in [0.5, 0.6) is 0 Å². The van der Waals surface area contributed by atoms with Crippen molar-refractivity contribution in [3.8, 4) is 0 Å². The zero-order valence-electron chi connectivity index (χ0n) is 5.13. The van der Waals surface area contributed by atoms with Gasteiger partial charge in [0.05, 0.1) is 12.5 Å². The Kier molecular flexibility index (Phi) is 4.44. The summed E-state index contributed by atoms with van der Waals surface area (Å²) in [7, 11) is 0. The third kappa shape index (κ3) is 3.32. The molecule has 54 valence electrons. The second kappa shape index (κ2) is 4.58. The van der Waals surface area contributed by atoms with Gasteiger partial charge in [-0.05, 0) is 6.92 Å². The number of aliphatic hydroxyl groups is 1. The molecule has 0 aromatic rings. The van der Waals surface area contributed by atoms with Crippen molar-refractivity contribution in [1.82, 2.24) is 0 Å². The second-order valence-electron chi connectivity index (χ2n) is 1.42. The fourth-order valence-electron chi connectivity index (χ4n) is 0.301. The van der Waals surface area contributed by atoms with Crippen LogP contribution in [0.1, 0.15) is 6.92 Å². The van der Waals surface area contributed by atoms with Gasteiger partial charge >= 0.3 is 5.97 Å². The number of alkyl halides is 1. The molecular formula is C5H9ClO3. The molecule has 1 N–H and O–H groups in total. The standard InChI is InChI=1S/C5H9ClO3/c1-2-9-5(8)4(7)3-6/h4,7H,2-3H2,1H3. The molecule has 0 radical (unpaired) electrons. The topological polar surface area (TPSA) is 46.5 Å². The van der Waals surface area contributed by atoms with Crippen LogP contribution in [0, 0.1) is 0 Å². The van der Waals surface area contributed by atoms with E-state index in [2.05, 4.69) is 4.74 Å². The molecule has 0 rings (SSSR count). The Bertz CT molecular complexity index is 94.2. The zero-order valence-corrected chi connectivity index (χ0v) is 5.89. The van der Waals surface area contributed by atoms with Gasteiger partial charge in [0.2, 0.25) is 0 Å². The number of halogens is 1. The molecule has 0 fully saturated rings. The van der Waals surface area contributed by atoms with Gasteiger partial charge in [0, 0.05) is 0 Å². The minimum Gasteiger partial charge on any atom is -0.464 e. The highest BCUT2D eigenvalue weighted by Crippen LogP contribution is 1.90. The van der Waals surface area contributed by atoms with Crippen LogP contribution < -0.4 is 0 Å². The number of rotatable bonds is 3. The van der Waals surface area contributed by atoms with Gasteiger partial charge in [0.25, 0.3) is 0 Å².